The molecule has 0 aliphatic heterocycles. The van der Waals surface area contributed by atoms with Crippen LogP contribution in [-0.4, -0.2) is 6.15 Å². The Morgan fingerprint density at radius 3 is 1.00 bits per heavy atom. The smallest absolute Gasteiger partial charge is 0.186 e. The molecule has 0 atom stereocenters. The fraction of sp³-hybridized carbons (Fsp3) is 0.500. The van der Waals surface area contributed by atoms with E-state index in [1.165, 1.54) is 0 Å². The van der Waals surface area contributed by atoms with Crippen LogP contribution in [0.3, 0.4) is 0 Å². The van der Waals surface area contributed by atoms with Gasteiger partial charge >= 0.3 is 6.15 Å². The minimum absolute atomic E-state index is 0. The molecule has 0 amide bonds. The van der Waals surface area contributed by atoms with Gasteiger partial charge in [-0.3, -0.25) is 0 Å². The zero-order chi connectivity index (χ0) is 6.71. The van der Waals surface area contributed by atoms with Crippen molar-refractivity contribution in [1.82, 2.24) is 0 Å². The summed E-state index contributed by atoms with van der Waals surface area (Å²) in [7, 11) is 0. The maximum atomic E-state index is 8.12. The first-order valence-electron chi connectivity index (χ1n) is 0.775. The molecule has 9 heavy (non-hydrogen) atoms. The molecule has 0 radical (unpaired) electrons. The molecule has 0 N–H and O–H groups in total. The molecule has 0 fully saturated rings. The second-order valence-electron chi connectivity index (χ2n) is 0.0833. The first kappa shape index (κ1) is 37.9. The first-order chi connectivity index (χ1) is 3.41. The zero-order valence-electron chi connectivity index (χ0n) is 3.38. The van der Waals surface area contributed by atoms with Gasteiger partial charge in [0.2, 0.25) is 0 Å². The van der Waals surface area contributed by atoms with E-state index < -0.39 is 0 Å². The molecule has 6 nitrogen and oxygen atoms in total. The molecule has 7 heteroatoms. The van der Waals surface area contributed by atoms with E-state index in [4.69, 9.17) is 30.3 Å². The second-order valence-corrected chi connectivity index (χ2v) is 0.0833. The third kappa shape index (κ3) is 2120. The Kier molecular flexibility index (Phi) is 3290. The van der Waals surface area contributed by atoms with E-state index in [2.05, 4.69) is 0 Å². The molecule has 0 saturated heterocycles. The topological polar surface area (TPSA) is 116 Å². The van der Waals surface area contributed by atoms with E-state index in [-0.39, 0.29) is 51.3 Å². The fourth-order valence-electron chi connectivity index (χ4n) is 0. The van der Waals surface area contributed by atoms with E-state index >= 15 is 0 Å². The Balaban J connectivity index is -0.00000000825. The van der Waals surface area contributed by atoms with Crippen molar-refractivity contribution in [3.8, 4) is 0 Å². The third-order valence-corrected chi connectivity index (χ3v) is 0. The van der Waals surface area contributed by atoms with Crippen LogP contribution < -0.4 is 0 Å². The average molecular weight is 179 g/mol. The van der Waals surface area contributed by atoms with Crippen molar-refractivity contribution in [3.63, 3.8) is 0 Å². The molecule has 0 rings (SSSR count). The Morgan fingerprint density at radius 1 is 1.00 bits per heavy atom. The van der Waals surface area contributed by atoms with E-state index in [1.54, 1.807) is 0 Å². The van der Waals surface area contributed by atoms with Crippen LogP contribution in [0, 0.1) is 58.5 Å². The normalized spacial score (nSPS) is 1.56. The summed E-state index contributed by atoms with van der Waals surface area (Å²) in [5, 5.41) is 12.0. The number of carbonyl (C=O) groups excluding carboxylic acids is 2. The Morgan fingerprint density at radius 2 is 1.00 bits per heavy atom. The third-order valence-electron chi connectivity index (χ3n) is 0. The molecule has 0 unspecified atom stereocenters. The Hall–Kier alpha value is -0.340. The van der Waals surface area contributed by atoms with Crippen molar-refractivity contribution in [2.75, 3.05) is 0 Å². The SMILES string of the molecule is N#N.O=C=O.O=O.[31CH4].[Ar]. The fourth-order valence-corrected chi connectivity index (χ4v) is 0. The van der Waals surface area contributed by atoms with Crippen LogP contribution in [0.25, 0.3) is 0 Å². The van der Waals surface area contributed by atoms with Crippen molar-refractivity contribution in [2.45, 2.75) is 7.43 Å². The van der Waals surface area contributed by atoms with Crippen molar-refractivity contribution >= 4 is 6.15 Å². The van der Waals surface area contributed by atoms with Crippen molar-refractivity contribution in [1.29, 1.82) is 10.8 Å². The Bertz CT molecular complexity index is 68.2. The summed E-state index contributed by atoms with van der Waals surface area (Å²) in [5.41, 5.74) is 0. The van der Waals surface area contributed by atoms with Gasteiger partial charge in [-0.05, 0) is 0 Å². The van der Waals surface area contributed by atoms with Crippen LogP contribution in [-0.2, 0) is 9.59 Å². The van der Waals surface area contributed by atoms with Gasteiger partial charge in [0.05, 0.1) is 0 Å². The second kappa shape index (κ2) is 781. The molecule has 0 bridgehead atoms. The van der Waals surface area contributed by atoms with E-state index in [9.17, 15) is 0 Å². The van der Waals surface area contributed by atoms with Gasteiger partial charge in [0.1, 0.15) is 0 Å². The summed E-state index contributed by atoms with van der Waals surface area (Å²) in [6.45, 7) is 0. The maximum Gasteiger partial charge on any atom is 0.373 e. The molecule has 0 aromatic rings. The van der Waals surface area contributed by atoms with E-state index in [0.717, 1.165) is 0 Å². The van der Waals surface area contributed by atoms with Gasteiger partial charge in [0, 0.05) is 58.5 Å². The largest absolute Gasteiger partial charge is 0.373 e. The zero-order valence-corrected chi connectivity index (χ0v) is 4.09. The molecule has 0 aliphatic rings. The van der Waals surface area contributed by atoms with Gasteiger partial charge in [-0.25, -0.2) is 0 Å². The summed E-state index contributed by atoms with van der Waals surface area (Å²) < 4.78 is 0. The minimum Gasteiger partial charge on any atom is -0.186 e. The Labute approximate surface area is 81.2 Å². The van der Waals surface area contributed by atoms with Crippen molar-refractivity contribution in [3.05, 3.63) is 9.93 Å². The van der Waals surface area contributed by atoms with E-state index in [1.807, 2.05) is 0 Å². The molecule has 0 aromatic heterocycles. The van der Waals surface area contributed by atoms with Crippen LogP contribution >= 0.6 is 0 Å². The maximum absolute atomic E-state index is 8.12. The number of nitrogens with zero attached hydrogens (tertiary/aromatic N) is 2. The molecular formula is C2H4ArN2O4. The van der Waals surface area contributed by atoms with E-state index in [0.29, 0.717) is 0 Å². The predicted molar refractivity (Wildman–Crippen MR) is 21.9 cm³/mol. The molecule has 0 aliphatic carbocycles. The van der Waals surface area contributed by atoms with Crippen LogP contribution in [0.4, 0.5) is 0 Å². The predicted octanol–water partition coefficient (Wildman–Crippen LogP) is 0.150. The molecule has 0 spiro atoms. The van der Waals surface area contributed by atoms with Gasteiger partial charge < -0.3 is 0 Å². The van der Waals surface area contributed by atoms with Crippen molar-refractivity contribution in [2.24, 2.45) is 0 Å². The van der Waals surface area contributed by atoms with Crippen LogP contribution in [0.15, 0.2) is 0 Å². The van der Waals surface area contributed by atoms with Gasteiger partial charge in [0.15, 0.2) is 0 Å². The van der Waals surface area contributed by atoms with Gasteiger partial charge in [-0.2, -0.15) is 9.59 Å². The molecule has 0 aromatic carbocycles. The monoisotopic (exact) mass is 179 g/mol. The number of hydrogen-bond donors (Lipinski definition) is 0. The quantitative estimate of drug-likeness (QED) is 0.488. The standard InChI is InChI=1S/CO2.CH4.Ar.N2.O2/c2-1-3;;;2*1-2/h;1H4;;;/i;1+19;;;. The van der Waals surface area contributed by atoms with Crippen LogP contribution in [0.2, 0.25) is 0 Å². The molecule has 0 saturated carbocycles. The number of rotatable bonds is 0. The summed E-state index contributed by atoms with van der Waals surface area (Å²) >= 11 is 0. The number of hydrogen-bond acceptors (Lipinski definition) is 6. The van der Waals surface area contributed by atoms with Crippen LogP contribution in [0.1, 0.15) is 7.43 Å². The average Bonchev–Trinajstić information content (AvgIpc) is 1.78. The van der Waals surface area contributed by atoms with Gasteiger partial charge in [-0.15, -0.1) is 0 Å². The summed E-state index contributed by atoms with van der Waals surface area (Å²) in [5.74, 6) is 0. The molecule has 54 valence electrons. The first-order valence-corrected chi connectivity index (χ1v) is 0.775. The summed E-state index contributed by atoms with van der Waals surface area (Å²) in [6.07, 6.45) is 0.250. The summed E-state index contributed by atoms with van der Waals surface area (Å²) in [4.78, 5) is 30.2. The van der Waals surface area contributed by atoms with Crippen molar-refractivity contribution < 1.29 is 47.3 Å². The molecule has 0 heterocycles. The summed E-state index contributed by atoms with van der Waals surface area (Å²) in [6, 6.07) is 0. The van der Waals surface area contributed by atoms with Gasteiger partial charge in [-0.1, -0.05) is 7.43 Å². The van der Waals surface area contributed by atoms with Gasteiger partial charge in [0.25, 0.3) is 0 Å². The molecular weight excluding hydrogens is 175 g/mol. The minimum atomic E-state index is 0. The van der Waals surface area contributed by atoms with Crippen LogP contribution in [0.5, 0.6) is 0 Å².